The Hall–Kier alpha value is -7.50. The number of nitrogens with zero attached hydrogens (tertiary/aromatic N) is 4. The number of alkyl halides is 3. The fourth-order valence-electron chi connectivity index (χ4n) is 11.0. The van der Waals surface area contributed by atoms with Crippen LogP contribution in [0.3, 0.4) is 0 Å². The molecule has 3 aliphatic rings. The van der Waals surface area contributed by atoms with Crippen molar-refractivity contribution in [2.75, 3.05) is 38.2 Å². The normalized spacial score (nSPS) is 19.1. The molecule has 5 heterocycles. The van der Waals surface area contributed by atoms with Gasteiger partial charge in [-0.25, -0.2) is 14.4 Å². The van der Waals surface area contributed by atoms with Crippen LogP contribution in [0.15, 0.2) is 90.6 Å². The summed E-state index contributed by atoms with van der Waals surface area (Å²) in [6.45, 7) is 11.5. The van der Waals surface area contributed by atoms with Gasteiger partial charge in [0, 0.05) is 55.0 Å². The summed E-state index contributed by atoms with van der Waals surface area (Å²) < 4.78 is 61.9. The number of carbonyl (C=O) groups excluding carboxylic acids is 8. The summed E-state index contributed by atoms with van der Waals surface area (Å²) in [6, 6.07) is 14.1. The fourth-order valence-corrected chi connectivity index (χ4v) is 14.0. The number of amides is 8. The maximum Gasteiger partial charge on any atom is 0.399 e. The number of ether oxygens (including phenoxy) is 1. The van der Waals surface area contributed by atoms with Crippen molar-refractivity contribution < 1.29 is 75.7 Å². The lowest BCUT2D eigenvalue weighted by Gasteiger charge is -2.36. The van der Waals surface area contributed by atoms with Crippen LogP contribution in [0.2, 0.25) is 0 Å². The van der Waals surface area contributed by atoms with Gasteiger partial charge in [-0.15, -0.1) is 22.7 Å². The summed E-state index contributed by atoms with van der Waals surface area (Å²) in [7, 11) is -5.90. The predicted molar refractivity (Wildman–Crippen MR) is 344 cm³/mol. The average molecular weight is 1360 g/mol. The van der Waals surface area contributed by atoms with Crippen molar-refractivity contribution in [2.24, 2.45) is 10.8 Å². The van der Waals surface area contributed by atoms with Crippen LogP contribution in [0.1, 0.15) is 113 Å². The number of carbonyl (C=O) groups is 8. The Balaban J connectivity index is 0.822. The van der Waals surface area contributed by atoms with Crippen LogP contribution in [-0.2, 0) is 48.5 Å². The first kappa shape index (κ1) is 69.8. The van der Waals surface area contributed by atoms with Gasteiger partial charge < -0.3 is 61.3 Å². The number of fused-ring (bicyclic) bond motifs is 1. The number of aliphatic hydroxyl groups excluding tert-OH is 1. The Bertz CT molecular complexity index is 3830. The van der Waals surface area contributed by atoms with E-state index in [0.717, 1.165) is 50.0 Å². The number of thiophene rings is 1. The van der Waals surface area contributed by atoms with E-state index in [1.165, 1.54) is 44.6 Å². The minimum atomic E-state index is -5.90. The van der Waals surface area contributed by atoms with E-state index in [-0.39, 0.29) is 86.8 Å². The second-order valence-corrected chi connectivity index (χ2v) is 30.2. The van der Waals surface area contributed by atoms with Crippen LogP contribution in [0.4, 0.5) is 18.3 Å². The van der Waals surface area contributed by atoms with E-state index in [9.17, 15) is 71.0 Å². The number of thiazole rings is 2. The van der Waals surface area contributed by atoms with Gasteiger partial charge in [-0.05, 0) is 77.3 Å². The Morgan fingerprint density at radius 2 is 1.43 bits per heavy atom. The topological polar surface area (TPSA) is 328 Å². The number of benzene rings is 3. The minimum absolute atomic E-state index is 0.00247. The van der Waals surface area contributed by atoms with Crippen LogP contribution < -0.4 is 31.9 Å². The summed E-state index contributed by atoms with van der Waals surface area (Å²) in [5.74, 6) is -5.30. The number of hydrogen-bond donors (Lipinski definition) is 9. The van der Waals surface area contributed by atoms with E-state index in [2.05, 4.69) is 41.9 Å². The molecule has 2 saturated heterocycles. The smallest absolute Gasteiger partial charge is 0.391 e. The van der Waals surface area contributed by atoms with Gasteiger partial charge in [-0.2, -0.15) is 8.78 Å². The molecule has 6 aromatic rings. The molecule has 1 saturated carbocycles. The largest absolute Gasteiger partial charge is 0.399 e. The van der Waals surface area contributed by atoms with Crippen LogP contribution in [0, 0.1) is 17.8 Å². The SMILES string of the molecule is Cc1ncsc1-c1ccc([C@H](CC(=O)NCCOCCC(=O)N[C@@H]2C[C@@H](C(=O)Nc3ncc(-c4ccccc4)s3)N(C(=O)[C@@H](NC(=O)c3cc4cc(C(F)(F)P(=O)(O)O)ccc4s3)C(C)(C)C)C2)NC(=O)[C@@H]2C[C@@H](O)CN2C(=O)[C@@H](NC(=O)C2(F)CC2)C(C)(C)C)cc1. The molecular formula is C63H74F3N10O13PS3. The summed E-state index contributed by atoms with van der Waals surface area (Å²) in [5, 5.41) is 27.9. The highest BCUT2D eigenvalue weighted by atomic mass is 32.1. The Morgan fingerprint density at radius 3 is 2.06 bits per heavy atom. The number of anilines is 1. The molecule has 9 rings (SSSR count). The standard InChI is InChI=1S/C63H74F3N10O13PS3/c1-34-50(91-33-69-34)37-15-13-35(14-16-37)42(71-53(80)44-28-41(77)32-76(44)57(84)52(61(5,6)7)73-58(85)62(64)20-21-62)29-49(79)67-22-24-89-23-19-48(78)70-40-27-43(54(81)74-59-68-30-47(93-59)36-11-9-8-10-12-36)75(31-40)56(83)51(60(2,3)4)72-55(82)46-26-38-25-39(17-18-45(38)92-46)63(65,66)90(86,87)88/h8-18,25-26,30,33,40-44,51-52,77H,19-24,27-29,31-32H2,1-7H3,(H,67,79)(H,70,78)(H,71,80)(H,72,82)(H,73,85)(H,68,74,81)(H2,86,87,88)/t40-,41-,42+,43+,44+,51-,52-/m1/s1. The highest BCUT2D eigenvalue weighted by Crippen LogP contribution is 2.59. The predicted octanol–water partition coefficient (Wildman–Crippen LogP) is 7.32. The van der Waals surface area contributed by atoms with E-state index in [0.29, 0.717) is 10.3 Å². The average Bonchev–Trinajstić information content (AvgIpc) is 1.64. The lowest BCUT2D eigenvalue weighted by molar-refractivity contribution is -0.145. The quantitative estimate of drug-likeness (QED) is 0.0212. The first-order valence-electron chi connectivity index (χ1n) is 30.0. The van der Waals surface area contributed by atoms with E-state index < -0.39 is 125 Å². The maximum atomic E-state index is 14.9. The number of hydrogen-bond acceptors (Lipinski definition) is 16. The molecule has 0 radical (unpaired) electrons. The summed E-state index contributed by atoms with van der Waals surface area (Å²) in [6.07, 6.45) is -0.0837. The number of likely N-dealkylation sites (tertiary alicyclic amines) is 2. The van der Waals surface area contributed by atoms with Crippen molar-refractivity contribution in [1.29, 1.82) is 0 Å². The monoisotopic (exact) mass is 1360 g/mol. The number of aromatic nitrogens is 2. The van der Waals surface area contributed by atoms with Crippen molar-refractivity contribution in [3.05, 3.63) is 112 Å². The molecular weight excluding hydrogens is 1290 g/mol. The van der Waals surface area contributed by atoms with Crippen molar-refractivity contribution in [2.45, 2.75) is 141 Å². The first-order chi connectivity index (χ1) is 43.7. The van der Waals surface area contributed by atoms with Crippen molar-refractivity contribution in [1.82, 2.24) is 46.4 Å². The van der Waals surface area contributed by atoms with Crippen LogP contribution >= 0.6 is 41.6 Å². The molecule has 9 N–H and O–H groups in total. The number of aryl methyl sites for hydroxylation is 1. The lowest BCUT2D eigenvalue weighted by atomic mass is 9.85. The molecule has 8 amide bonds. The third-order valence-corrected chi connectivity index (χ3v) is 20.3. The zero-order valence-electron chi connectivity index (χ0n) is 52.0. The molecule has 23 nitrogen and oxygen atoms in total. The van der Waals surface area contributed by atoms with E-state index in [1.807, 2.05) is 49.4 Å². The van der Waals surface area contributed by atoms with Gasteiger partial charge >= 0.3 is 13.3 Å². The molecule has 1 aliphatic carbocycles. The molecule has 30 heteroatoms. The second-order valence-electron chi connectivity index (χ2n) is 25.6. The van der Waals surface area contributed by atoms with E-state index >= 15 is 0 Å². The second kappa shape index (κ2) is 28.2. The van der Waals surface area contributed by atoms with E-state index in [1.54, 1.807) is 65.4 Å². The summed E-state index contributed by atoms with van der Waals surface area (Å²) >= 11 is 3.55. The van der Waals surface area contributed by atoms with Gasteiger partial charge in [0.05, 0.1) is 57.6 Å². The number of aliphatic hydroxyl groups is 1. The Morgan fingerprint density at radius 1 is 0.774 bits per heavy atom. The minimum Gasteiger partial charge on any atom is -0.391 e. The van der Waals surface area contributed by atoms with Gasteiger partial charge in [0.25, 0.3) is 11.8 Å². The number of β-amino-alcohol motifs (C(OH)–C–C–N with tert-alkyl or cyclic N) is 1. The Labute approximate surface area is 546 Å². The van der Waals surface area contributed by atoms with Crippen molar-refractivity contribution in [3.8, 4) is 20.9 Å². The van der Waals surface area contributed by atoms with Gasteiger partial charge in [-0.1, -0.05) is 114 Å². The molecule has 0 bridgehead atoms. The molecule has 0 spiro atoms. The highest BCUT2D eigenvalue weighted by molar-refractivity contribution is 7.52. The number of nitrogens with one attached hydrogen (secondary N) is 6. The van der Waals surface area contributed by atoms with Gasteiger partial charge in [-0.3, -0.25) is 42.9 Å². The van der Waals surface area contributed by atoms with Gasteiger partial charge in [0.15, 0.2) is 10.8 Å². The summed E-state index contributed by atoms with van der Waals surface area (Å²) in [4.78, 5) is 143. The van der Waals surface area contributed by atoms with Crippen LogP contribution in [0.25, 0.3) is 31.0 Å². The van der Waals surface area contributed by atoms with Crippen molar-refractivity contribution >= 4 is 104 Å². The Kier molecular flexibility index (Phi) is 21.2. The van der Waals surface area contributed by atoms with Crippen LogP contribution in [0.5, 0.6) is 0 Å². The number of rotatable bonds is 24. The highest BCUT2D eigenvalue weighted by Gasteiger charge is 2.54. The third-order valence-electron chi connectivity index (χ3n) is 16.3. The third kappa shape index (κ3) is 16.7. The molecule has 93 heavy (non-hydrogen) atoms. The first-order valence-corrected chi connectivity index (χ1v) is 34.2. The maximum absolute atomic E-state index is 14.9. The fraction of sp³-hybridized carbons (Fsp3) is 0.460. The zero-order valence-corrected chi connectivity index (χ0v) is 55.3. The summed E-state index contributed by atoms with van der Waals surface area (Å²) in [5.41, 5.74) is -4.63. The zero-order chi connectivity index (χ0) is 67.5. The molecule has 7 atom stereocenters. The molecule has 3 aromatic carbocycles. The molecule has 0 unspecified atom stereocenters. The molecule has 3 aromatic heterocycles. The molecule has 3 fully saturated rings. The van der Waals surface area contributed by atoms with Crippen LogP contribution in [-0.4, -0.2) is 157 Å². The van der Waals surface area contributed by atoms with Crippen molar-refractivity contribution in [3.63, 3.8) is 0 Å². The molecule has 498 valence electrons. The molecule has 2 aliphatic heterocycles. The lowest BCUT2D eigenvalue weighted by Crippen LogP contribution is -2.59. The van der Waals surface area contributed by atoms with Gasteiger partial charge in [0.1, 0.15) is 24.2 Å². The van der Waals surface area contributed by atoms with E-state index in [4.69, 9.17) is 4.74 Å². The number of halogens is 3. The van der Waals surface area contributed by atoms with Gasteiger partial charge in [0.2, 0.25) is 35.4 Å².